The Balaban J connectivity index is 0.000000103. The normalized spacial score (nSPS) is 11.2. The van der Waals surface area contributed by atoms with Crippen LogP contribution >= 0.6 is 0 Å². The number of aryl methyl sites for hydroxylation is 9. The van der Waals surface area contributed by atoms with E-state index in [9.17, 15) is 0 Å². The zero-order chi connectivity index (χ0) is 48.6. The third kappa shape index (κ3) is 8.81. The van der Waals surface area contributed by atoms with E-state index in [1.165, 1.54) is 98.8 Å². The monoisotopic (exact) mass is 914 g/mol. The zero-order valence-electron chi connectivity index (χ0n) is 41.5. The van der Waals surface area contributed by atoms with E-state index in [1.54, 1.807) is 0 Å². The second kappa shape index (κ2) is 19.0. The molecule has 14 aromatic rings. The smallest absolute Gasteiger partial charge is 0.215 e. The van der Waals surface area contributed by atoms with Gasteiger partial charge in [-0.15, -0.1) is 0 Å². The minimum Gasteiger partial charge on any atom is -0.456 e. The molecule has 14 rings (SSSR count). The van der Waals surface area contributed by atoms with Crippen LogP contribution in [0.3, 0.4) is 0 Å². The van der Waals surface area contributed by atoms with Crippen LogP contribution in [0, 0.1) is 48.5 Å². The molecule has 70 heavy (non-hydrogen) atoms. The summed E-state index contributed by atoms with van der Waals surface area (Å²) in [4.78, 5) is 4.68. The third-order valence-electron chi connectivity index (χ3n) is 13.2. The van der Waals surface area contributed by atoms with Crippen molar-refractivity contribution in [2.45, 2.75) is 48.5 Å². The molecule has 0 saturated carbocycles. The first-order valence-electron chi connectivity index (χ1n) is 24.0. The van der Waals surface area contributed by atoms with Crippen LogP contribution < -0.4 is 0 Å². The fourth-order valence-corrected chi connectivity index (χ4v) is 9.67. The van der Waals surface area contributed by atoms with E-state index in [4.69, 9.17) is 8.83 Å². The average Bonchev–Trinajstić information content (AvgIpc) is 4.16. The molecule has 9 aromatic carbocycles. The van der Waals surface area contributed by atoms with Crippen molar-refractivity contribution in [2.75, 3.05) is 0 Å². The van der Waals surface area contributed by atoms with Crippen molar-refractivity contribution in [1.29, 1.82) is 0 Å². The Hall–Kier alpha value is -8.35. The molecule has 0 bridgehead atoms. The Morgan fingerprint density at radius 3 is 1.40 bits per heavy atom. The SMILES string of the molecule is Cc1ccc2c(c1)c1ccccc1n2C.Cc1ccc2oc3c(C)cccc3c2c1.Cc1ccc2oc3ccc(C)cc3c2c1.Cc1cccc(C)c1.Cn1c2ccccc2n2c3ccccc3nc12. The van der Waals surface area contributed by atoms with Gasteiger partial charge in [0.1, 0.15) is 22.3 Å². The molecular formula is C64H58N4O2. The summed E-state index contributed by atoms with van der Waals surface area (Å²) in [6, 6.07) is 65.5. The van der Waals surface area contributed by atoms with Gasteiger partial charge in [0.25, 0.3) is 0 Å². The molecule has 0 radical (unpaired) electrons. The molecule has 0 spiro atoms. The molecule has 0 aliphatic carbocycles. The second-order valence-electron chi connectivity index (χ2n) is 18.7. The van der Waals surface area contributed by atoms with Crippen LogP contribution in [-0.4, -0.2) is 18.5 Å². The number of para-hydroxylation sites is 6. The van der Waals surface area contributed by atoms with Crippen LogP contribution in [0.4, 0.5) is 0 Å². The quantitative estimate of drug-likeness (QED) is 0.152. The van der Waals surface area contributed by atoms with Gasteiger partial charge in [-0.2, -0.15) is 0 Å². The number of aromatic nitrogens is 4. The molecule has 0 aliphatic heterocycles. The minimum absolute atomic E-state index is 0.973. The predicted molar refractivity (Wildman–Crippen MR) is 297 cm³/mol. The Morgan fingerprint density at radius 1 is 0.329 bits per heavy atom. The number of rotatable bonds is 0. The second-order valence-corrected chi connectivity index (χ2v) is 18.7. The van der Waals surface area contributed by atoms with Crippen molar-refractivity contribution >= 4 is 93.5 Å². The van der Waals surface area contributed by atoms with Gasteiger partial charge in [-0.1, -0.05) is 143 Å². The number of furan rings is 2. The van der Waals surface area contributed by atoms with Crippen molar-refractivity contribution in [3.63, 3.8) is 0 Å². The van der Waals surface area contributed by atoms with Crippen LogP contribution in [0.5, 0.6) is 0 Å². The van der Waals surface area contributed by atoms with Crippen LogP contribution in [0.1, 0.15) is 38.9 Å². The predicted octanol–water partition coefficient (Wildman–Crippen LogP) is 17.3. The van der Waals surface area contributed by atoms with Crippen LogP contribution in [0.15, 0.2) is 197 Å². The van der Waals surface area contributed by atoms with E-state index in [1.807, 2.05) is 24.3 Å². The summed E-state index contributed by atoms with van der Waals surface area (Å²) in [5, 5.41) is 7.57. The third-order valence-corrected chi connectivity index (χ3v) is 13.2. The van der Waals surface area contributed by atoms with E-state index in [0.29, 0.717) is 0 Å². The number of nitrogens with zero attached hydrogens (tertiary/aromatic N) is 4. The largest absolute Gasteiger partial charge is 0.456 e. The molecule has 6 heteroatoms. The summed E-state index contributed by atoms with van der Waals surface area (Å²) in [6.07, 6.45) is 0. The maximum absolute atomic E-state index is 5.84. The Bertz CT molecular complexity index is 4090. The van der Waals surface area contributed by atoms with Gasteiger partial charge in [0, 0.05) is 57.4 Å². The molecule has 346 valence electrons. The van der Waals surface area contributed by atoms with E-state index in [2.05, 4.69) is 245 Å². The lowest BCUT2D eigenvalue weighted by molar-refractivity contribution is 0.665. The van der Waals surface area contributed by atoms with E-state index < -0.39 is 0 Å². The molecule has 5 heterocycles. The van der Waals surface area contributed by atoms with Crippen LogP contribution in [0.25, 0.3) is 93.5 Å². The van der Waals surface area contributed by atoms with Gasteiger partial charge in [-0.05, 0) is 133 Å². The molecule has 0 N–H and O–H groups in total. The highest BCUT2D eigenvalue weighted by Gasteiger charge is 2.13. The summed E-state index contributed by atoms with van der Waals surface area (Å²) in [5.41, 5.74) is 20.2. The van der Waals surface area contributed by atoms with E-state index >= 15 is 0 Å². The average molecular weight is 915 g/mol. The first kappa shape index (κ1) is 45.4. The van der Waals surface area contributed by atoms with Crippen molar-refractivity contribution in [2.24, 2.45) is 14.1 Å². The lowest BCUT2D eigenvalue weighted by Gasteiger charge is -1.97. The molecule has 0 aliphatic rings. The van der Waals surface area contributed by atoms with Crippen LogP contribution in [-0.2, 0) is 14.1 Å². The van der Waals surface area contributed by atoms with Gasteiger partial charge in [0.05, 0.1) is 22.1 Å². The first-order valence-corrected chi connectivity index (χ1v) is 24.0. The summed E-state index contributed by atoms with van der Waals surface area (Å²) >= 11 is 0. The highest BCUT2D eigenvalue weighted by molar-refractivity contribution is 6.08. The number of benzene rings is 9. The summed E-state index contributed by atoms with van der Waals surface area (Å²) in [7, 11) is 4.18. The van der Waals surface area contributed by atoms with Gasteiger partial charge in [-0.25, -0.2) is 4.98 Å². The van der Waals surface area contributed by atoms with Gasteiger partial charge < -0.3 is 18.0 Å². The zero-order valence-corrected chi connectivity index (χ0v) is 41.5. The van der Waals surface area contributed by atoms with E-state index in [-0.39, 0.29) is 0 Å². The summed E-state index contributed by atoms with van der Waals surface area (Å²) in [6.45, 7) is 14.7. The fraction of sp³-hybridized carbons (Fsp3) is 0.141. The maximum atomic E-state index is 5.84. The first-order chi connectivity index (χ1) is 33.9. The number of imidazole rings is 2. The molecule has 0 atom stereocenters. The van der Waals surface area contributed by atoms with Crippen molar-refractivity contribution in [3.05, 3.63) is 227 Å². The molecule has 0 amide bonds. The lowest BCUT2D eigenvalue weighted by atomic mass is 10.1. The van der Waals surface area contributed by atoms with E-state index in [0.717, 1.165) is 33.6 Å². The van der Waals surface area contributed by atoms with Gasteiger partial charge in [-0.3, -0.25) is 4.40 Å². The summed E-state index contributed by atoms with van der Waals surface area (Å²) < 4.78 is 18.2. The molecule has 0 saturated heterocycles. The number of hydrogen-bond acceptors (Lipinski definition) is 3. The highest BCUT2D eigenvalue weighted by atomic mass is 16.3. The van der Waals surface area contributed by atoms with Gasteiger partial charge >= 0.3 is 0 Å². The van der Waals surface area contributed by atoms with Gasteiger partial charge in [0.2, 0.25) is 5.78 Å². The molecular weight excluding hydrogens is 857 g/mol. The van der Waals surface area contributed by atoms with Crippen molar-refractivity contribution in [3.8, 4) is 0 Å². The maximum Gasteiger partial charge on any atom is 0.215 e. The molecule has 5 aromatic heterocycles. The minimum atomic E-state index is 0.973. The summed E-state index contributed by atoms with van der Waals surface area (Å²) in [5.74, 6) is 0.993. The highest BCUT2D eigenvalue weighted by Crippen LogP contribution is 2.33. The molecule has 6 nitrogen and oxygen atoms in total. The topological polar surface area (TPSA) is 53.4 Å². The fourth-order valence-electron chi connectivity index (χ4n) is 9.67. The number of fused-ring (bicyclic) bond motifs is 14. The van der Waals surface area contributed by atoms with Crippen molar-refractivity contribution in [1.82, 2.24) is 18.5 Å². The standard InChI is InChI=1S/C14H11N3.C14H13N.2C14H12O.C8H10/c1-16-12-8-4-5-9-13(12)17-11-7-3-2-6-10(11)15-14(16)17;1-10-7-8-14-12(9-10)11-5-3-4-6-13(11)15(14)2;1-9-3-5-13-11(7-9)12-8-10(2)4-6-14(12)15-13;1-9-6-7-13-12(8-9)11-5-3-4-10(2)14(11)15-13;1-7-4-3-5-8(2)6-7/h2-9H,1H3;3-9H,1-2H3;2*3-8H,1-2H3;3-6H,1-2H3. The van der Waals surface area contributed by atoms with Gasteiger partial charge in [0.15, 0.2) is 0 Å². The van der Waals surface area contributed by atoms with Crippen LogP contribution in [0.2, 0.25) is 0 Å². The molecule has 0 fully saturated rings. The Morgan fingerprint density at radius 2 is 0.786 bits per heavy atom. The molecule has 0 unspecified atom stereocenters. The lowest BCUT2D eigenvalue weighted by Crippen LogP contribution is -1.87. The number of hydrogen-bond donors (Lipinski definition) is 0. The Labute approximate surface area is 408 Å². The van der Waals surface area contributed by atoms with Crippen molar-refractivity contribution < 1.29 is 8.83 Å². The Kier molecular flexibility index (Phi) is 12.3.